The van der Waals surface area contributed by atoms with E-state index in [1.54, 1.807) is 14.2 Å². The fourth-order valence-corrected chi connectivity index (χ4v) is 1.82. The van der Waals surface area contributed by atoms with Crippen molar-refractivity contribution in [1.29, 1.82) is 5.26 Å². The van der Waals surface area contributed by atoms with E-state index in [1.165, 1.54) is 12.4 Å². The molecule has 2 rings (SSSR count). The quantitative estimate of drug-likeness (QED) is 0.894. The number of aromatic nitrogens is 2. The molecule has 6 heteroatoms. The lowest BCUT2D eigenvalue weighted by atomic mass is 10.2. The molecule has 1 aromatic heterocycles. The molecule has 0 unspecified atom stereocenters. The van der Waals surface area contributed by atoms with Gasteiger partial charge in [0.15, 0.2) is 23.0 Å². The molecule has 0 aliphatic heterocycles. The Labute approximate surface area is 117 Å². The van der Waals surface area contributed by atoms with Gasteiger partial charge in [0.1, 0.15) is 6.07 Å². The molecule has 0 amide bonds. The van der Waals surface area contributed by atoms with Gasteiger partial charge in [-0.2, -0.15) is 5.26 Å². The number of methoxy groups -OCH3 is 2. The summed E-state index contributed by atoms with van der Waals surface area (Å²) in [6, 6.07) is 7.60. The van der Waals surface area contributed by atoms with E-state index < -0.39 is 0 Å². The number of nitrogens with zero attached hydrogens (tertiary/aromatic N) is 3. The third-order valence-corrected chi connectivity index (χ3v) is 2.73. The lowest BCUT2D eigenvalue weighted by Gasteiger charge is -2.13. The van der Waals surface area contributed by atoms with Gasteiger partial charge in [-0.25, -0.2) is 9.97 Å². The largest absolute Gasteiger partial charge is 0.493 e. The molecule has 0 spiro atoms. The highest BCUT2D eigenvalue weighted by Crippen LogP contribution is 2.31. The summed E-state index contributed by atoms with van der Waals surface area (Å²) in [6.45, 7) is 0.452. The summed E-state index contributed by atoms with van der Waals surface area (Å²) < 4.78 is 10.6. The van der Waals surface area contributed by atoms with Crippen LogP contribution in [0, 0.1) is 11.3 Å². The van der Waals surface area contributed by atoms with E-state index in [0.717, 1.165) is 5.56 Å². The van der Waals surface area contributed by atoms with E-state index in [9.17, 15) is 0 Å². The number of rotatable bonds is 5. The minimum absolute atomic E-state index is 0.259. The molecule has 1 aromatic carbocycles. The summed E-state index contributed by atoms with van der Waals surface area (Å²) in [5.74, 6) is 1.76. The Kier molecular flexibility index (Phi) is 4.35. The highest BCUT2D eigenvalue weighted by Gasteiger charge is 2.10. The van der Waals surface area contributed by atoms with E-state index in [0.29, 0.717) is 23.9 Å². The molecule has 0 aliphatic rings. The number of nitrogens with one attached hydrogen (secondary N) is 1. The SMILES string of the molecule is COc1cccc(CNc2nccnc2C#N)c1OC. The first-order chi connectivity index (χ1) is 9.80. The van der Waals surface area contributed by atoms with Gasteiger partial charge in [0.25, 0.3) is 0 Å². The van der Waals surface area contributed by atoms with Crippen LogP contribution in [0.3, 0.4) is 0 Å². The van der Waals surface area contributed by atoms with Crippen LogP contribution in [0.15, 0.2) is 30.6 Å². The molecule has 0 radical (unpaired) electrons. The van der Waals surface area contributed by atoms with E-state index in [4.69, 9.17) is 14.7 Å². The Morgan fingerprint density at radius 3 is 2.70 bits per heavy atom. The van der Waals surface area contributed by atoms with Gasteiger partial charge in [-0.3, -0.25) is 0 Å². The average molecular weight is 270 g/mol. The predicted molar refractivity (Wildman–Crippen MR) is 73.6 cm³/mol. The Bertz CT molecular complexity index is 637. The molecule has 0 aliphatic carbocycles. The number of para-hydroxylation sites is 1. The van der Waals surface area contributed by atoms with Gasteiger partial charge >= 0.3 is 0 Å². The molecule has 0 saturated heterocycles. The van der Waals surface area contributed by atoms with Crippen LogP contribution in [-0.2, 0) is 6.54 Å². The van der Waals surface area contributed by atoms with Gasteiger partial charge in [0, 0.05) is 24.5 Å². The highest BCUT2D eigenvalue weighted by atomic mass is 16.5. The molecule has 6 nitrogen and oxygen atoms in total. The molecular formula is C14H14N4O2. The lowest BCUT2D eigenvalue weighted by Crippen LogP contribution is -2.06. The summed E-state index contributed by atoms with van der Waals surface area (Å²) >= 11 is 0. The first-order valence-electron chi connectivity index (χ1n) is 5.95. The van der Waals surface area contributed by atoms with Crippen LogP contribution >= 0.6 is 0 Å². The van der Waals surface area contributed by atoms with Crippen molar-refractivity contribution in [3.05, 3.63) is 41.9 Å². The fourth-order valence-electron chi connectivity index (χ4n) is 1.82. The van der Waals surface area contributed by atoms with Crippen LogP contribution in [0.4, 0.5) is 5.82 Å². The van der Waals surface area contributed by atoms with Gasteiger partial charge in [-0.05, 0) is 6.07 Å². The molecule has 0 saturated carbocycles. The van der Waals surface area contributed by atoms with Crippen LogP contribution < -0.4 is 14.8 Å². The fraction of sp³-hybridized carbons (Fsp3) is 0.214. The van der Waals surface area contributed by atoms with Crippen molar-refractivity contribution in [2.75, 3.05) is 19.5 Å². The summed E-state index contributed by atoms with van der Waals surface area (Å²) in [7, 11) is 3.18. The second-order valence-corrected chi connectivity index (χ2v) is 3.87. The number of ether oxygens (including phenoxy) is 2. The Morgan fingerprint density at radius 2 is 2.00 bits per heavy atom. The first kappa shape index (κ1) is 13.6. The van der Waals surface area contributed by atoms with Gasteiger partial charge in [-0.15, -0.1) is 0 Å². The minimum Gasteiger partial charge on any atom is -0.493 e. The molecule has 1 heterocycles. The second kappa shape index (κ2) is 6.38. The van der Waals surface area contributed by atoms with Crippen molar-refractivity contribution in [2.45, 2.75) is 6.54 Å². The van der Waals surface area contributed by atoms with Crippen molar-refractivity contribution in [2.24, 2.45) is 0 Å². The lowest BCUT2D eigenvalue weighted by molar-refractivity contribution is 0.352. The normalized spacial score (nSPS) is 9.65. The smallest absolute Gasteiger partial charge is 0.182 e. The van der Waals surface area contributed by atoms with Crippen LogP contribution in [0.2, 0.25) is 0 Å². The zero-order chi connectivity index (χ0) is 14.4. The highest BCUT2D eigenvalue weighted by molar-refractivity contribution is 5.51. The zero-order valence-corrected chi connectivity index (χ0v) is 11.3. The Balaban J connectivity index is 2.21. The predicted octanol–water partition coefficient (Wildman–Crippen LogP) is 1.98. The van der Waals surface area contributed by atoms with Gasteiger partial charge < -0.3 is 14.8 Å². The third-order valence-electron chi connectivity index (χ3n) is 2.73. The Morgan fingerprint density at radius 1 is 1.20 bits per heavy atom. The van der Waals surface area contributed by atoms with Crippen LogP contribution in [0.5, 0.6) is 11.5 Å². The van der Waals surface area contributed by atoms with Crippen molar-refractivity contribution < 1.29 is 9.47 Å². The van der Waals surface area contributed by atoms with Gasteiger partial charge in [-0.1, -0.05) is 12.1 Å². The number of nitriles is 1. The van der Waals surface area contributed by atoms with Crippen molar-refractivity contribution in [3.63, 3.8) is 0 Å². The van der Waals surface area contributed by atoms with E-state index in [-0.39, 0.29) is 5.69 Å². The molecule has 0 atom stereocenters. The first-order valence-corrected chi connectivity index (χ1v) is 5.95. The monoisotopic (exact) mass is 270 g/mol. The topological polar surface area (TPSA) is 80.1 Å². The van der Waals surface area contributed by atoms with E-state index in [2.05, 4.69) is 15.3 Å². The molecular weight excluding hydrogens is 256 g/mol. The summed E-state index contributed by atoms with van der Waals surface area (Å²) in [4.78, 5) is 8.04. The maximum Gasteiger partial charge on any atom is 0.182 e. The number of hydrogen-bond acceptors (Lipinski definition) is 6. The molecule has 1 N–H and O–H groups in total. The summed E-state index contributed by atoms with van der Waals surface area (Å²) in [6.07, 6.45) is 3.02. The maximum absolute atomic E-state index is 8.96. The number of hydrogen-bond donors (Lipinski definition) is 1. The van der Waals surface area contributed by atoms with Crippen LogP contribution in [0.1, 0.15) is 11.3 Å². The molecule has 2 aromatic rings. The summed E-state index contributed by atoms with van der Waals surface area (Å²) in [5, 5.41) is 12.0. The average Bonchev–Trinajstić information content (AvgIpc) is 2.52. The second-order valence-electron chi connectivity index (χ2n) is 3.87. The summed E-state index contributed by atoms with van der Waals surface area (Å²) in [5.41, 5.74) is 1.16. The molecule has 20 heavy (non-hydrogen) atoms. The Hall–Kier alpha value is -2.81. The third kappa shape index (κ3) is 2.78. The van der Waals surface area contributed by atoms with Crippen LogP contribution in [-0.4, -0.2) is 24.2 Å². The zero-order valence-electron chi connectivity index (χ0n) is 11.3. The van der Waals surface area contributed by atoms with Crippen LogP contribution in [0.25, 0.3) is 0 Å². The molecule has 0 bridgehead atoms. The van der Waals surface area contributed by atoms with Crippen molar-refractivity contribution >= 4 is 5.82 Å². The maximum atomic E-state index is 8.96. The number of anilines is 1. The molecule has 102 valence electrons. The molecule has 0 fully saturated rings. The van der Waals surface area contributed by atoms with E-state index in [1.807, 2.05) is 24.3 Å². The van der Waals surface area contributed by atoms with Gasteiger partial charge in [0.05, 0.1) is 14.2 Å². The van der Waals surface area contributed by atoms with Gasteiger partial charge in [0.2, 0.25) is 0 Å². The van der Waals surface area contributed by atoms with Crippen molar-refractivity contribution in [1.82, 2.24) is 9.97 Å². The van der Waals surface area contributed by atoms with E-state index >= 15 is 0 Å². The van der Waals surface area contributed by atoms with Crippen molar-refractivity contribution in [3.8, 4) is 17.6 Å². The minimum atomic E-state index is 0.259. The standard InChI is InChI=1S/C14H14N4O2/c1-19-12-5-3-4-10(13(12)20-2)9-18-14-11(8-15)16-6-7-17-14/h3-7H,9H2,1-2H3,(H,17,18). The number of benzene rings is 1.